The number of benzene rings is 1. The molecule has 8 nitrogen and oxygen atoms in total. The zero-order chi connectivity index (χ0) is 20.3. The first-order chi connectivity index (χ1) is 13.4. The van der Waals surface area contributed by atoms with Crippen molar-refractivity contribution in [3.05, 3.63) is 56.2 Å². The Morgan fingerprint density at radius 2 is 1.96 bits per heavy atom. The number of quaternary nitrogens is 1. The molecule has 0 saturated heterocycles. The minimum Gasteiger partial charge on any atom is -0.497 e. The van der Waals surface area contributed by atoms with Gasteiger partial charge in [0.05, 0.1) is 13.2 Å². The molecular weight excluding hydrogens is 360 g/mol. The third-order valence-electron chi connectivity index (χ3n) is 5.10. The molecule has 3 rings (SSSR count). The van der Waals surface area contributed by atoms with Crippen molar-refractivity contribution in [2.24, 2.45) is 0 Å². The van der Waals surface area contributed by atoms with E-state index >= 15 is 0 Å². The quantitative estimate of drug-likeness (QED) is 0.523. The minimum absolute atomic E-state index is 0.0415. The lowest BCUT2D eigenvalue weighted by molar-refractivity contribution is -0.916. The van der Waals surface area contributed by atoms with E-state index in [9.17, 15) is 14.4 Å². The van der Waals surface area contributed by atoms with Gasteiger partial charge in [-0.05, 0) is 30.7 Å². The second-order valence-electron chi connectivity index (χ2n) is 7.23. The van der Waals surface area contributed by atoms with E-state index in [1.54, 1.807) is 7.11 Å². The first-order valence-corrected chi connectivity index (χ1v) is 9.57. The number of anilines is 1. The molecule has 28 heavy (non-hydrogen) atoms. The molecule has 0 spiro atoms. The molecule has 1 unspecified atom stereocenters. The van der Waals surface area contributed by atoms with Crippen LogP contribution in [-0.2, 0) is 13.1 Å². The molecule has 0 radical (unpaired) electrons. The van der Waals surface area contributed by atoms with Crippen LogP contribution in [0.3, 0.4) is 0 Å². The van der Waals surface area contributed by atoms with E-state index in [0.717, 1.165) is 29.1 Å². The fraction of sp³-hybridized carbons (Fsp3) is 0.450. The summed E-state index contributed by atoms with van der Waals surface area (Å²) in [5, 5.41) is 0. The van der Waals surface area contributed by atoms with Gasteiger partial charge < -0.3 is 15.4 Å². The summed E-state index contributed by atoms with van der Waals surface area (Å²) in [6.07, 6.45) is 2.78. The summed E-state index contributed by atoms with van der Waals surface area (Å²) in [5.74, 6) is 0.407. The molecule has 0 bridgehead atoms. The van der Waals surface area contributed by atoms with Crippen LogP contribution in [0.4, 0.5) is 5.82 Å². The lowest BCUT2D eigenvalue weighted by Crippen LogP contribution is -3.13. The first-order valence-electron chi connectivity index (χ1n) is 9.57. The first kappa shape index (κ1) is 19.9. The fourth-order valence-electron chi connectivity index (χ4n) is 3.45. The van der Waals surface area contributed by atoms with Gasteiger partial charge in [-0.1, -0.05) is 6.92 Å². The lowest BCUT2D eigenvalue weighted by Gasteiger charge is -2.19. The Morgan fingerprint density at radius 3 is 2.54 bits per heavy atom. The number of Topliss-reactive ketones (excluding diaryl/α,β-unsaturated/α-hetero) is 1. The molecule has 2 aromatic rings. The number of H-pyrrole nitrogens is 1. The molecule has 1 fully saturated rings. The summed E-state index contributed by atoms with van der Waals surface area (Å²) in [4.78, 5) is 40.5. The van der Waals surface area contributed by atoms with Crippen molar-refractivity contribution in [3.8, 4) is 5.75 Å². The number of carbonyl (C=O) groups is 1. The number of aromatic nitrogens is 2. The van der Waals surface area contributed by atoms with Crippen LogP contribution < -0.4 is 26.6 Å². The van der Waals surface area contributed by atoms with Gasteiger partial charge in [-0.2, -0.15) is 0 Å². The molecule has 1 aromatic heterocycles. The van der Waals surface area contributed by atoms with Crippen LogP contribution in [0.5, 0.6) is 5.75 Å². The van der Waals surface area contributed by atoms with Crippen molar-refractivity contribution in [1.29, 1.82) is 0 Å². The Morgan fingerprint density at radius 1 is 1.29 bits per heavy atom. The molecule has 1 aliphatic carbocycles. The number of nitrogen functional groups attached to an aromatic ring is 1. The van der Waals surface area contributed by atoms with E-state index in [2.05, 4.69) is 4.98 Å². The monoisotopic (exact) mass is 387 g/mol. The van der Waals surface area contributed by atoms with Gasteiger partial charge in [0.25, 0.3) is 5.56 Å². The zero-order valence-electron chi connectivity index (χ0n) is 16.3. The summed E-state index contributed by atoms with van der Waals surface area (Å²) in [7, 11) is 1.62. The minimum atomic E-state index is -0.709. The molecular formula is C20H27N4O4+. The number of ether oxygens (including phenoxy) is 1. The predicted octanol–water partition coefficient (Wildman–Crippen LogP) is -0.0324. The van der Waals surface area contributed by atoms with E-state index in [4.69, 9.17) is 10.5 Å². The number of rotatable bonds is 9. The van der Waals surface area contributed by atoms with Gasteiger partial charge in [-0.15, -0.1) is 0 Å². The highest BCUT2D eigenvalue weighted by Gasteiger charge is 2.35. The van der Waals surface area contributed by atoms with Gasteiger partial charge in [0.1, 0.15) is 30.2 Å². The number of hydrogen-bond donors (Lipinski definition) is 3. The number of carbonyl (C=O) groups excluding carboxylic acids is 1. The van der Waals surface area contributed by atoms with Gasteiger partial charge in [-0.3, -0.25) is 19.1 Å². The number of methoxy groups -OCH3 is 1. The molecule has 1 saturated carbocycles. The normalized spacial score (nSPS) is 14.6. The average molecular weight is 387 g/mol. The van der Waals surface area contributed by atoms with Crippen molar-refractivity contribution < 1.29 is 14.4 Å². The summed E-state index contributed by atoms with van der Waals surface area (Å²) >= 11 is 0. The highest BCUT2D eigenvalue weighted by Crippen LogP contribution is 2.17. The third kappa shape index (κ3) is 4.33. The van der Waals surface area contributed by atoms with Crippen LogP contribution in [-0.4, -0.2) is 35.0 Å². The maximum Gasteiger partial charge on any atom is 0.329 e. The Hall–Kier alpha value is -2.87. The number of nitrogens with one attached hydrogen (secondary N) is 2. The third-order valence-corrected chi connectivity index (χ3v) is 5.10. The van der Waals surface area contributed by atoms with Gasteiger partial charge in [0.15, 0.2) is 0 Å². The van der Waals surface area contributed by atoms with Gasteiger partial charge in [0, 0.05) is 24.9 Å². The maximum absolute atomic E-state index is 12.9. The fourth-order valence-corrected chi connectivity index (χ4v) is 3.45. The van der Waals surface area contributed by atoms with Crippen molar-refractivity contribution in [3.63, 3.8) is 0 Å². The molecule has 1 atom stereocenters. The highest BCUT2D eigenvalue weighted by atomic mass is 16.5. The highest BCUT2D eigenvalue weighted by molar-refractivity contribution is 6.00. The Balaban J connectivity index is 1.82. The summed E-state index contributed by atoms with van der Waals surface area (Å²) in [6, 6.07) is 8.14. The van der Waals surface area contributed by atoms with Crippen molar-refractivity contribution >= 4 is 11.6 Å². The van der Waals surface area contributed by atoms with E-state index in [-0.39, 0.29) is 23.7 Å². The number of nitrogens with two attached hydrogens (primary N) is 1. The maximum atomic E-state index is 12.9. The topological polar surface area (TPSA) is 112 Å². The van der Waals surface area contributed by atoms with Crippen LogP contribution in [0.25, 0.3) is 0 Å². The molecule has 150 valence electrons. The molecule has 1 heterocycles. The largest absolute Gasteiger partial charge is 0.497 e. The number of nitrogens with zero attached hydrogens (tertiary/aromatic N) is 1. The number of aromatic amines is 1. The van der Waals surface area contributed by atoms with E-state index in [0.29, 0.717) is 25.6 Å². The van der Waals surface area contributed by atoms with Crippen molar-refractivity contribution in [2.75, 3.05) is 19.4 Å². The van der Waals surface area contributed by atoms with Crippen molar-refractivity contribution in [2.45, 2.75) is 45.3 Å². The van der Waals surface area contributed by atoms with Gasteiger partial charge in [0.2, 0.25) is 5.78 Å². The molecule has 4 N–H and O–H groups in total. The van der Waals surface area contributed by atoms with Crippen LogP contribution in [0.1, 0.15) is 42.1 Å². The second-order valence-corrected chi connectivity index (χ2v) is 7.23. The van der Waals surface area contributed by atoms with Crippen LogP contribution in [0.2, 0.25) is 0 Å². The SMILES string of the molecule is CCCn1c(N)c(C(=O)C[NH+](Cc2ccc(OC)cc2)C2CC2)c(=O)[nH]c1=O. The average Bonchev–Trinajstić information content (AvgIpc) is 3.50. The number of hydrogen-bond acceptors (Lipinski definition) is 5. The van der Waals surface area contributed by atoms with E-state index in [1.807, 2.05) is 31.2 Å². The summed E-state index contributed by atoms with van der Waals surface area (Å²) in [6.45, 7) is 3.08. The molecule has 1 aromatic carbocycles. The summed E-state index contributed by atoms with van der Waals surface area (Å²) in [5.41, 5.74) is 5.72. The second kappa shape index (κ2) is 8.43. The Kier molecular flexibility index (Phi) is 5.99. The summed E-state index contributed by atoms with van der Waals surface area (Å²) < 4.78 is 6.44. The van der Waals surface area contributed by atoms with Gasteiger partial charge >= 0.3 is 5.69 Å². The van der Waals surface area contributed by atoms with E-state index in [1.165, 1.54) is 4.57 Å². The van der Waals surface area contributed by atoms with Crippen LogP contribution in [0.15, 0.2) is 33.9 Å². The van der Waals surface area contributed by atoms with Gasteiger partial charge in [-0.25, -0.2) is 4.79 Å². The molecule has 0 aliphatic heterocycles. The van der Waals surface area contributed by atoms with Crippen LogP contribution >= 0.6 is 0 Å². The predicted molar refractivity (Wildman–Crippen MR) is 106 cm³/mol. The standard InChI is InChI=1S/C20H26N4O4/c1-3-10-24-18(21)17(19(26)22-20(24)27)16(25)12-23(14-6-7-14)11-13-4-8-15(28-2)9-5-13/h4-5,8-9,14H,3,6-7,10-12,21H2,1-2H3,(H,22,26,27)/p+1. The van der Waals surface area contributed by atoms with Crippen LogP contribution in [0, 0.1) is 0 Å². The Bertz CT molecular complexity index is 958. The lowest BCUT2D eigenvalue weighted by atomic mass is 10.1. The Labute approximate surface area is 162 Å². The molecule has 0 amide bonds. The molecule has 1 aliphatic rings. The number of ketones is 1. The van der Waals surface area contributed by atoms with E-state index < -0.39 is 11.2 Å². The van der Waals surface area contributed by atoms with Crippen molar-refractivity contribution in [1.82, 2.24) is 9.55 Å². The molecule has 8 heteroatoms. The zero-order valence-corrected chi connectivity index (χ0v) is 16.3. The smallest absolute Gasteiger partial charge is 0.329 e.